The van der Waals surface area contributed by atoms with Crippen molar-refractivity contribution in [3.05, 3.63) is 29.8 Å². The van der Waals surface area contributed by atoms with E-state index in [-0.39, 0.29) is 11.2 Å². The Bertz CT molecular complexity index is 580. The van der Waals surface area contributed by atoms with Crippen LogP contribution in [0, 0.1) is 6.92 Å². The number of carbonyl (C=O) groups is 1. The summed E-state index contributed by atoms with van der Waals surface area (Å²) in [5.74, 6) is 0.434. The molecule has 0 aliphatic rings. The number of hydrogen-bond donors (Lipinski definition) is 1. The summed E-state index contributed by atoms with van der Waals surface area (Å²) in [6.45, 7) is 6.33. The third-order valence-corrected chi connectivity index (χ3v) is 3.64. The molecule has 1 atom stereocenters. The van der Waals surface area contributed by atoms with E-state index >= 15 is 0 Å². The van der Waals surface area contributed by atoms with E-state index in [1.807, 2.05) is 45.0 Å². The third kappa shape index (κ3) is 3.60. The first-order valence-electron chi connectivity index (χ1n) is 6.45. The predicted molar refractivity (Wildman–Crippen MR) is 78.5 cm³/mol. The van der Waals surface area contributed by atoms with Gasteiger partial charge in [-0.3, -0.25) is 4.79 Å². The summed E-state index contributed by atoms with van der Waals surface area (Å²) in [4.78, 5) is 11.6. The van der Waals surface area contributed by atoms with Crippen LogP contribution in [-0.4, -0.2) is 27.9 Å². The van der Waals surface area contributed by atoms with Gasteiger partial charge >= 0.3 is 0 Å². The van der Waals surface area contributed by atoms with Crippen LogP contribution in [0.25, 0.3) is 11.5 Å². The molecule has 2 aromatic rings. The molecule has 106 valence electrons. The Kier molecular flexibility index (Phi) is 4.79. The van der Waals surface area contributed by atoms with Gasteiger partial charge in [0.15, 0.2) is 0 Å². The molecule has 0 spiro atoms. The topological polar surface area (TPSA) is 68.0 Å². The van der Waals surface area contributed by atoms with Gasteiger partial charge in [0.1, 0.15) is 0 Å². The largest absolute Gasteiger partial charge is 0.411 e. The number of thioether (sulfide) groups is 1. The number of aryl methyl sites for hydroxylation is 1. The standard InChI is InChI=1S/C14H17N3O2S/c1-4-15-12(18)10(3)20-14-17-16-13(19-14)11-7-5-9(2)6-8-11/h5-8,10H,4H2,1-3H3,(H,15,18)/t10-/m0/s1. The minimum atomic E-state index is -0.263. The van der Waals surface area contributed by atoms with Crippen molar-refractivity contribution < 1.29 is 9.21 Å². The molecule has 1 amide bonds. The van der Waals surface area contributed by atoms with E-state index in [9.17, 15) is 4.79 Å². The Morgan fingerprint density at radius 1 is 1.35 bits per heavy atom. The van der Waals surface area contributed by atoms with Gasteiger partial charge in [0.2, 0.25) is 11.8 Å². The summed E-state index contributed by atoms with van der Waals surface area (Å²) in [5, 5.41) is 10.9. The molecule has 1 N–H and O–H groups in total. The molecule has 6 heteroatoms. The number of nitrogens with zero attached hydrogens (tertiary/aromatic N) is 2. The molecule has 0 bridgehead atoms. The van der Waals surface area contributed by atoms with Gasteiger partial charge in [-0.2, -0.15) is 0 Å². The minimum absolute atomic E-state index is 0.0346. The van der Waals surface area contributed by atoms with Crippen molar-refractivity contribution in [1.29, 1.82) is 0 Å². The van der Waals surface area contributed by atoms with E-state index in [1.54, 1.807) is 0 Å². The number of aromatic nitrogens is 2. The molecular formula is C14H17N3O2S. The van der Waals surface area contributed by atoms with Gasteiger partial charge < -0.3 is 9.73 Å². The Morgan fingerprint density at radius 3 is 2.70 bits per heavy atom. The molecule has 1 heterocycles. The fourth-order valence-electron chi connectivity index (χ4n) is 1.59. The molecular weight excluding hydrogens is 274 g/mol. The van der Waals surface area contributed by atoms with Crippen molar-refractivity contribution in [1.82, 2.24) is 15.5 Å². The van der Waals surface area contributed by atoms with Crippen molar-refractivity contribution >= 4 is 17.7 Å². The molecule has 0 radical (unpaired) electrons. The number of carbonyl (C=O) groups excluding carboxylic acids is 1. The Morgan fingerprint density at radius 2 is 2.05 bits per heavy atom. The van der Waals surface area contributed by atoms with Gasteiger partial charge in [-0.25, -0.2) is 0 Å². The average Bonchev–Trinajstić information content (AvgIpc) is 2.88. The number of hydrogen-bond acceptors (Lipinski definition) is 5. The Labute approximate surface area is 122 Å². The van der Waals surface area contributed by atoms with E-state index in [0.717, 1.165) is 5.56 Å². The molecule has 20 heavy (non-hydrogen) atoms. The van der Waals surface area contributed by atoms with Crippen molar-refractivity contribution in [2.24, 2.45) is 0 Å². The molecule has 0 fully saturated rings. The van der Waals surface area contributed by atoms with Crippen LogP contribution in [-0.2, 0) is 4.79 Å². The van der Waals surface area contributed by atoms with Gasteiger partial charge in [-0.15, -0.1) is 10.2 Å². The maximum Gasteiger partial charge on any atom is 0.277 e. The quantitative estimate of drug-likeness (QED) is 0.858. The van der Waals surface area contributed by atoms with E-state index in [1.165, 1.54) is 17.3 Å². The zero-order chi connectivity index (χ0) is 14.5. The second kappa shape index (κ2) is 6.56. The number of rotatable bonds is 5. The molecule has 1 aromatic carbocycles. The van der Waals surface area contributed by atoms with Gasteiger partial charge in [0.25, 0.3) is 5.22 Å². The van der Waals surface area contributed by atoms with Gasteiger partial charge in [0, 0.05) is 12.1 Å². The molecule has 2 rings (SSSR count). The van der Waals surface area contributed by atoms with Crippen LogP contribution in [0.4, 0.5) is 0 Å². The van der Waals surface area contributed by atoms with Crippen molar-refractivity contribution in [3.63, 3.8) is 0 Å². The van der Waals surface area contributed by atoms with E-state index in [2.05, 4.69) is 15.5 Å². The van der Waals surface area contributed by atoms with Gasteiger partial charge in [0.05, 0.1) is 5.25 Å². The zero-order valence-electron chi connectivity index (χ0n) is 11.7. The van der Waals surface area contributed by atoms with E-state index in [4.69, 9.17) is 4.42 Å². The summed E-state index contributed by atoms with van der Waals surface area (Å²) < 4.78 is 5.57. The van der Waals surface area contributed by atoms with Crippen molar-refractivity contribution in [2.45, 2.75) is 31.2 Å². The Hall–Kier alpha value is -1.82. The highest BCUT2D eigenvalue weighted by Gasteiger charge is 2.17. The number of nitrogens with one attached hydrogen (secondary N) is 1. The summed E-state index contributed by atoms with van der Waals surface area (Å²) in [6, 6.07) is 7.85. The van der Waals surface area contributed by atoms with Crippen LogP contribution in [0.5, 0.6) is 0 Å². The second-order valence-electron chi connectivity index (χ2n) is 4.39. The summed E-state index contributed by atoms with van der Waals surface area (Å²) >= 11 is 1.26. The summed E-state index contributed by atoms with van der Waals surface area (Å²) in [6.07, 6.45) is 0. The number of benzene rings is 1. The lowest BCUT2D eigenvalue weighted by Gasteiger charge is -2.07. The first kappa shape index (κ1) is 14.6. The van der Waals surface area contributed by atoms with E-state index in [0.29, 0.717) is 17.7 Å². The molecule has 0 unspecified atom stereocenters. The van der Waals surface area contributed by atoms with Crippen LogP contribution in [0.3, 0.4) is 0 Å². The lowest BCUT2D eigenvalue weighted by molar-refractivity contribution is -0.120. The first-order valence-corrected chi connectivity index (χ1v) is 7.33. The highest BCUT2D eigenvalue weighted by molar-refractivity contribution is 8.00. The van der Waals surface area contributed by atoms with E-state index < -0.39 is 0 Å². The summed E-state index contributed by atoms with van der Waals surface area (Å²) in [7, 11) is 0. The SMILES string of the molecule is CCNC(=O)[C@H](C)Sc1nnc(-c2ccc(C)cc2)o1. The van der Waals surface area contributed by atoms with Crippen LogP contribution < -0.4 is 5.32 Å². The highest BCUT2D eigenvalue weighted by Crippen LogP contribution is 2.26. The molecule has 1 aromatic heterocycles. The smallest absolute Gasteiger partial charge is 0.277 e. The maximum absolute atomic E-state index is 11.6. The molecule has 5 nitrogen and oxygen atoms in total. The maximum atomic E-state index is 11.6. The van der Waals surface area contributed by atoms with Crippen LogP contribution in [0.1, 0.15) is 19.4 Å². The number of amides is 1. The fourth-order valence-corrected chi connectivity index (χ4v) is 2.30. The van der Waals surface area contributed by atoms with Crippen molar-refractivity contribution in [3.8, 4) is 11.5 Å². The third-order valence-electron chi connectivity index (χ3n) is 2.70. The van der Waals surface area contributed by atoms with Gasteiger partial charge in [-0.1, -0.05) is 29.5 Å². The highest BCUT2D eigenvalue weighted by atomic mass is 32.2. The monoisotopic (exact) mass is 291 g/mol. The fraction of sp³-hybridized carbons (Fsp3) is 0.357. The van der Waals surface area contributed by atoms with Gasteiger partial charge in [-0.05, 0) is 32.9 Å². The molecule has 0 saturated carbocycles. The minimum Gasteiger partial charge on any atom is -0.411 e. The normalized spacial score (nSPS) is 12.2. The molecule has 0 saturated heterocycles. The average molecular weight is 291 g/mol. The van der Waals surface area contributed by atoms with Crippen molar-refractivity contribution in [2.75, 3.05) is 6.54 Å². The lowest BCUT2D eigenvalue weighted by atomic mass is 10.1. The zero-order valence-corrected chi connectivity index (χ0v) is 12.5. The van der Waals surface area contributed by atoms with Crippen LogP contribution in [0.15, 0.2) is 33.9 Å². The lowest BCUT2D eigenvalue weighted by Crippen LogP contribution is -2.30. The second-order valence-corrected chi connectivity index (χ2v) is 5.69. The predicted octanol–water partition coefficient (Wildman–Crippen LogP) is 2.66. The Balaban J connectivity index is 2.05. The van der Waals surface area contributed by atoms with Crippen LogP contribution >= 0.6 is 11.8 Å². The molecule has 0 aliphatic carbocycles. The molecule has 0 aliphatic heterocycles. The summed E-state index contributed by atoms with van der Waals surface area (Å²) in [5.41, 5.74) is 2.05. The van der Waals surface area contributed by atoms with Crippen LogP contribution in [0.2, 0.25) is 0 Å². The first-order chi connectivity index (χ1) is 9.60.